The molecule has 20 heavy (non-hydrogen) atoms. The number of hydrogen-bond acceptors (Lipinski definition) is 2. The molecule has 2 heterocycles. The summed E-state index contributed by atoms with van der Waals surface area (Å²) in [6.07, 6.45) is 10.2. The maximum Gasteiger partial charge on any atom is 0.0247 e. The summed E-state index contributed by atoms with van der Waals surface area (Å²) in [5.41, 5.74) is 0.685. The van der Waals surface area contributed by atoms with Gasteiger partial charge in [0.2, 0.25) is 0 Å². The Labute approximate surface area is 125 Å². The molecular weight excluding hydrogens is 244 g/mol. The number of rotatable bonds is 4. The molecule has 0 amide bonds. The van der Waals surface area contributed by atoms with E-state index in [-0.39, 0.29) is 0 Å². The van der Waals surface area contributed by atoms with E-state index >= 15 is 0 Å². The summed E-state index contributed by atoms with van der Waals surface area (Å²) in [4.78, 5) is 5.71. The minimum atomic E-state index is 0.685. The highest BCUT2D eigenvalue weighted by molar-refractivity contribution is 4.97. The molecule has 0 bridgehead atoms. The van der Waals surface area contributed by atoms with Gasteiger partial charge in [0.25, 0.3) is 0 Å². The lowest BCUT2D eigenvalue weighted by atomic mass is 9.66. The van der Waals surface area contributed by atoms with Crippen LogP contribution in [0.1, 0.15) is 65.7 Å². The van der Waals surface area contributed by atoms with Crippen molar-refractivity contribution < 1.29 is 0 Å². The van der Waals surface area contributed by atoms with Crippen LogP contribution in [0.3, 0.4) is 0 Å². The summed E-state index contributed by atoms with van der Waals surface area (Å²) >= 11 is 0. The minimum absolute atomic E-state index is 0.685. The Morgan fingerprint density at radius 3 is 2.50 bits per heavy atom. The summed E-state index contributed by atoms with van der Waals surface area (Å²) in [6.45, 7) is 12.7. The zero-order valence-electron chi connectivity index (χ0n) is 13.9. The van der Waals surface area contributed by atoms with E-state index in [0.29, 0.717) is 5.41 Å². The Balaban J connectivity index is 1.69. The van der Waals surface area contributed by atoms with Gasteiger partial charge in [-0.1, -0.05) is 33.6 Å². The number of piperazine rings is 1. The van der Waals surface area contributed by atoms with E-state index < -0.39 is 0 Å². The molecule has 1 saturated carbocycles. The molecule has 2 saturated heterocycles. The van der Waals surface area contributed by atoms with Crippen LogP contribution >= 0.6 is 0 Å². The first-order valence-corrected chi connectivity index (χ1v) is 9.12. The Kier molecular flexibility index (Phi) is 4.42. The van der Waals surface area contributed by atoms with Crippen LogP contribution in [0.2, 0.25) is 0 Å². The predicted molar refractivity (Wildman–Crippen MR) is 86.0 cm³/mol. The van der Waals surface area contributed by atoms with Crippen LogP contribution in [0.4, 0.5) is 0 Å². The van der Waals surface area contributed by atoms with Crippen molar-refractivity contribution in [3.8, 4) is 0 Å². The van der Waals surface area contributed by atoms with Crippen molar-refractivity contribution >= 4 is 0 Å². The van der Waals surface area contributed by atoms with Gasteiger partial charge in [0, 0.05) is 31.7 Å². The molecule has 3 rings (SSSR count). The molecule has 116 valence electrons. The van der Waals surface area contributed by atoms with Crippen LogP contribution in [0.5, 0.6) is 0 Å². The van der Waals surface area contributed by atoms with Gasteiger partial charge >= 0.3 is 0 Å². The lowest BCUT2D eigenvalue weighted by Crippen LogP contribution is -2.63. The number of piperidine rings is 1. The second-order valence-corrected chi connectivity index (χ2v) is 8.09. The van der Waals surface area contributed by atoms with Gasteiger partial charge in [-0.25, -0.2) is 0 Å². The van der Waals surface area contributed by atoms with Crippen molar-refractivity contribution in [3.63, 3.8) is 0 Å². The number of nitrogens with zero attached hydrogens (tertiary/aromatic N) is 2. The standard InChI is InChI=1S/C18H34N2/c1-4-18(9-7-10-18)14-20-12-16-8-5-6-11-19(16)13-17(20)15(2)3/h15-17H,4-14H2,1-3H3. The van der Waals surface area contributed by atoms with Crippen LogP contribution in [0.25, 0.3) is 0 Å². The van der Waals surface area contributed by atoms with E-state index in [2.05, 4.69) is 30.6 Å². The molecule has 2 nitrogen and oxygen atoms in total. The monoisotopic (exact) mass is 278 g/mol. The SMILES string of the molecule is CCC1(CN2CC3CCCCN3CC2C(C)C)CCC1. The highest BCUT2D eigenvalue weighted by atomic mass is 15.3. The zero-order valence-corrected chi connectivity index (χ0v) is 13.9. The van der Waals surface area contributed by atoms with Crippen molar-refractivity contribution in [2.75, 3.05) is 26.2 Å². The fourth-order valence-corrected chi connectivity index (χ4v) is 4.81. The van der Waals surface area contributed by atoms with E-state index in [9.17, 15) is 0 Å². The molecule has 0 N–H and O–H groups in total. The highest BCUT2D eigenvalue weighted by Crippen LogP contribution is 2.45. The van der Waals surface area contributed by atoms with Gasteiger partial charge in [0.15, 0.2) is 0 Å². The van der Waals surface area contributed by atoms with E-state index in [1.807, 2.05) is 0 Å². The Bertz CT molecular complexity index is 316. The molecule has 2 atom stereocenters. The molecule has 0 spiro atoms. The molecule has 1 aliphatic carbocycles. The zero-order chi connectivity index (χ0) is 14.2. The van der Waals surface area contributed by atoms with Gasteiger partial charge in [-0.2, -0.15) is 0 Å². The average molecular weight is 278 g/mol. The van der Waals surface area contributed by atoms with Crippen molar-refractivity contribution in [2.24, 2.45) is 11.3 Å². The fraction of sp³-hybridized carbons (Fsp3) is 1.00. The lowest BCUT2D eigenvalue weighted by molar-refractivity contribution is -0.0451. The first-order chi connectivity index (χ1) is 9.63. The van der Waals surface area contributed by atoms with Crippen molar-refractivity contribution in [1.29, 1.82) is 0 Å². The van der Waals surface area contributed by atoms with E-state index in [0.717, 1.165) is 18.0 Å². The second kappa shape index (κ2) is 5.96. The summed E-state index contributed by atoms with van der Waals surface area (Å²) < 4.78 is 0. The van der Waals surface area contributed by atoms with Gasteiger partial charge in [-0.05, 0) is 50.0 Å². The molecule has 3 aliphatic rings. The Hall–Kier alpha value is -0.0800. The van der Waals surface area contributed by atoms with Gasteiger partial charge in [0.05, 0.1) is 0 Å². The van der Waals surface area contributed by atoms with Gasteiger partial charge in [-0.3, -0.25) is 9.80 Å². The third-order valence-electron chi connectivity index (χ3n) is 6.56. The van der Waals surface area contributed by atoms with Gasteiger partial charge in [0.1, 0.15) is 0 Å². The Morgan fingerprint density at radius 1 is 1.10 bits per heavy atom. The molecule has 2 unspecified atom stereocenters. The smallest absolute Gasteiger partial charge is 0.0247 e. The normalized spacial score (nSPS) is 34.8. The maximum atomic E-state index is 2.90. The molecule has 2 heteroatoms. The first-order valence-electron chi connectivity index (χ1n) is 9.12. The van der Waals surface area contributed by atoms with Crippen LogP contribution in [-0.4, -0.2) is 48.1 Å². The first kappa shape index (κ1) is 14.8. The topological polar surface area (TPSA) is 6.48 Å². The molecule has 0 radical (unpaired) electrons. The van der Waals surface area contributed by atoms with E-state index in [1.165, 1.54) is 71.1 Å². The number of hydrogen-bond donors (Lipinski definition) is 0. The lowest BCUT2D eigenvalue weighted by Gasteiger charge is -2.54. The molecule has 0 aromatic carbocycles. The predicted octanol–water partition coefficient (Wildman–Crippen LogP) is 3.76. The molecule has 3 fully saturated rings. The van der Waals surface area contributed by atoms with Crippen LogP contribution in [0.15, 0.2) is 0 Å². The second-order valence-electron chi connectivity index (χ2n) is 8.09. The summed E-state index contributed by atoms with van der Waals surface area (Å²) in [5.74, 6) is 0.798. The molecule has 0 aromatic heterocycles. The van der Waals surface area contributed by atoms with Crippen LogP contribution in [0, 0.1) is 11.3 Å². The third kappa shape index (κ3) is 2.78. The molecule has 2 aliphatic heterocycles. The summed E-state index contributed by atoms with van der Waals surface area (Å²) in [6, 6.07) is 1.67. The maximum absolute atomic E-state index is 2.90. The summed E-state index contributed by atoms with van der Waals surface area (Å²) in [5, 5.41) is 0. The Morgan fingerprint density at radius 2 is 1.90 bits per heavy atom. The number of fused-ring (bicyclic) bond motifs is 1. The summed E-state index contributed by atoms with van der Waals surface area (Å²) in [7, 11) is 0. The quantitative estimate of drug-likeness (QED) is 0.772. The van der Waals surface area contributed by atoms with Crippen LogP contribution in [-0.2, 0) is 0 Å². The molecule has 0 aromatic rings. The van der Waals surface area contributed by atoms with Crippen molar-refractivity contribution in [3.05, 3.63) is 0 Å². The average Bonchev–Trinajstić information content (AvgIpc) is 2.41. The molecular formula is C18H34N2. The van der Waals surface area contributed by atoms with Gasteiger partial charge in [-0.15, -0.1) is 0 Å². The largest absolute Gasteiger partial charge is 0.298 e. The third-order valence-corrected chi connectivity index (χ3v) is 6.56. The van der Waals surface area contributed by atoms with Crippen LogP contribution < -0.4 is 0 Å². The van der Waals surface area contributed by atoms with E-state index in [1.54, 1.807) is 0 Å². The van der Waals surface area contributed by atoms with Crippen molar-refractivity contribution in [2.45, 2.75) is 77.8 Å². The van der Waals surface area contributed by atoms with Crippen molar-refractivity contribution in [1.82, 2.24) is 9.80 Å². The van der Waals surface area contributed by atoms with Gasteiger partial charge < -0.3 is 0 Å². The minimum Gasteiger partial charge on any atom is -0.298 e. The van der Waals surface area contributed by atoms with E-state index in [4.69, 9.17) is 0 Å². The fourth-order valence-electron chi connectivity index (χ4n) is 4.81. The highest BCUT2D eigenvalue weighted by Gasteiger charge is 2.42.